The summed E-state index contributed by atoms with van der Waals surface area (Å²) in [6.07, 6.45) is 0.857. The lowest BCUT2D eigenvalue weighted by atomic mass is 10.1. The minimum absolute atomic E-state index is 0.109. The predicted octanol–water partition coefficient (Wildman–Crippen LogP) is 2.06. The van der Waals surface area contributed by atoms with Crippen LogP contribution in [0.25, 0.3) is 0 Å². The number of carbonyl (C=O) groups excluding carboxylic acids is 2. The number of nitrogens with zero attached hydrogens (tertiary/aromatic N) is 2. The van der Waals surface area contributed by atoms with E-state index in [2.05, 4.69) is 13.8 Å². The smallest absolute Gasteiger partial charge is 0.316 e. The minimum Gasteiger partial charge on any atom is -0.494 e. The van der Waals surface area contributed by atoms with Crippen LogP contribution in [0.15, 0.2) is 18.2 Å². The average Bonchev–Trinajstić information content (AvgIpc) is 2.48. The molecular weight excluding hydrogens is 287 g/mol. The van der Waals surface area contributed by atoms with E-state index >= 15 is 0 Å². The molecule has 5 nitrogen and oxygen atoms in total. The maximum absolute atomic E-state index is 13.8. The molecule has 0 aromatic heterocycles. The first-order valence-corrected chi connectivity index (χ1v) is 7.38. The summed E-state index contributed by atoms with van der Waals surface area (Å²) in [6.45, 7) is 5.55. The highest BCUT2D eigenvalue weighted by Crippen LogP contribution is 2.25. The highest BCUT2D eigenvalue weighted by Gasteiger charge is 2.33. The summed E-state index contributed by atoms with van der Waals surface area (Å²) in [7, 11) is 1.38. The zero-order chi connectivity index (χ0) is 16.3. The Bertz CT molecular complexity index is 575. The first-order chi connectivity index (χ1) is 10.4. The fraction of sp³-hybridized carbons (Fsp3) is 0.500. The highest BCUT2D eigenvalue weighted by molar-refractivity contribution is 6.40. The standard InChI is InChI=1S/C16H21FN2O3/c1-11(2)6-7-18-8-9-19(16(21)15(18)20)12-4-5-14(22-3)13(17)10-12/h4-5,10-11H,6-9H2,1-3H3. The number of anilines is 1. The lowest BCUT2D eigenvalue weighted by Gasteiger charge is -2.34. The fourth-order valence-electron chi connectivity index (χ4n) is 2.37. The number of halogens is 1. The first-order valence-electron chi connectivity index (χ1n) is 7.38. The summed E-state index contributed by atoms with van der Waals surface area (Å²) in [5, 5.41) is 0. The minimum atomic E-state index is -0.612. The van der Waals surface area contributed by atoms with E-state index in [0.717, 1.165) is 6.42 Å². The van der Waals surface area contributed by atoms with Gasteiger partial charge in [0.1, 0.15) is 0 Å². The quantitative estimate of drug-likeness (QED) is 0.782. The van der Waals surface area contributed by atoms with Gasteiger partial charge in [-0.3, -0.25) is 9.59 Å². The number of piperazine rings is 1. The Balaban J connectivity index is 2.11. The molecule has 2 amide bonds. The van der Waals surface area contributed by atoms with Crippen molar-refractivity contribution in [3.63, 3.8) is 0 Å². The van der Waals surface area contributed by atoms with Crippen molar-refractivity contribution in [3.05, 3.63) is 24.0 Å². The number of benzene rings is 1. The number of methoxy groups -OCH3 is 1. The second-order valence-electron chi connectivity index (χ2n) is 5.75. The molecule has 120 valence electrons. The topological polar surface area (TPSA) is 49.9 Å². The summed E-state index contributed by atoms with van der Waals surface area (Å²) < 4.78 is 18.6. The summed E-state index contributed by atoms with van der Waals surface area (Å²) >= 11 is 0. The summed E-state index contributed by atoms with van der Waals surface area (Å²) in [5.74, 6) is -1.11. The Hall–Kier alpha value is -2.11. The molecule has 0 spiro atoms. The van der Waals surface area contributed by atoms with E-state index in [4.69, 9.17) is 4.74 Å². The van der Waals surface area contributed by atoms with Gasteiger partial charge in [0.25, 0.3) is 0 Å². The molecule has 22 heavy (non-hydrogen) atoms. The Kier molecular flexibility index (Phi) is 5.00. The SMILES string of the molecule is COc1ccc(N2CCN(CCC(C)C)C(=O)C2=O)cc1F. The monoisotopic (exact) mass is 308 g/mol. The van der Waals surface area contributed by atoms with Crippen LogP contribution in [0.2, 0.25) is 0 Å². The van der Waals surface area contributed by atoms with Gasteiger partial charge in [-0.2, -0.15) is 0 Å². The van der Waals surface area contributed by atoms with Gasteiger partial charge < -0.3 is 14.5 Å². The Labute approximate surface area is 129 Å². The largest absolute Gasteiger partial charge is 0.494 e. The van der Waals surface area contributed by atoms with E-state index in [0.29, 0.717) is 31.2 Å². The van der Waals surface area contributed by atoms with Crippen molar-refractivity contribution >= 4 is 17.5 Å². The van der Waals surface area contributed by atoms with Crippen molar-refractivity contribution in [2.75, 3.05) is 31.6 Å². The number of rotatable bonds is 5. The van der Waals surface area contributed by atoms with Gasteiger partial charge >= 0.3 is 11.8 Å². The molecule has 0 saturated carbocycles. The van der Waals surface area contributed by atoms with Gasteiger partial charge in [-0.25, -0.2) is 4.39 Å². The van der Waals surface area contributed by atoms with E-state index in [-0.39, 0.29) is 5.75 Å². The zero-order valence-electron chi connectivity index (χ0n) is 13.1. The Morgan fingerprint density at radius 1 is 1.23 bits per heavy atom. The van der Waals surface area contributed by atoms with Crippen LogP contribution >= 0.6 is 0 Å². The lowest BCUT2D eigenvalue weighted by Crippen LogP contribution is -2.54. The molecule has 0 aliphatic carbocycles. The molecule has 1 fully saturated rings. The summed E-state index contributed by atoms with van der Waals surface area (Å²) in [4.78, 5) is 27.3. The van der Waals surface area contributed by atoms with E-state index in [1.807, 2.05) is 0 Å². The van der Waals surface area contributed by atoms with Crippen molar-refractivity contribution in [1.29, 1.82) is 0 Å². The van der Waals surface area contributed by atoms with Gasteiger partial charge in [0.05, 0.1) is 7.11 Å². The molecule has 0 bridgehead atoms. The molecule has 0 unspecified atom stereocenters. The highest BCUT2D eigenvalue weighted by atomic mass is 19.1. The number of hydrogen-bond acceptors (Lipinski definition) is 3. The first kappa shape index (κ1) is 16.3. The molecular formula is C16H21FN2O3. The predicted molar refractivity (Wildman–Crippen MR) is 81.3 cm³/mol. The number of amides is 2. The molecule has 2 rings (SSSR count). The zero-order valence-corrected chi connectivity index (χ0v) is 13.1. The van der Waals surface area contributed by atoms with E-state index < -0.39 is 17.6 Å². The second kappa shape index (κ2) is 6.77. The molecule has 1 aromatic rings. The van der Waals surface area contributed by atoms with Gasteiger partial charge in [-0.05, 0) is 24.5 Å². The van der Waals surface area contributed by atoms with Gasteiger partial charge in [0.2, 0.25) is 0 Å². The molecule has 1 heterocycles. The molecule has 1 aliphatic heterocycles. The number of hydrogen-bond donors (Lipinski definition) is 0. The normalized spacial score (nSPS) is 15.7. The molecule has 0 radical (unpaired) electrons. The molecule has 1 saturated heterocycles. The fourth-order valence-corrected chi connectivity index (χ4v) is 2.37. The van der Waals surface area contributed by atoms with Crippen molar-refractivity contribution in [1.82, 2.24) is 4.90 Å². The van der Waals surface area contributed by atoms with Crippen LogP contribution in [0, 0.1) is 11.7 Å². The van der Waals surface area contributed by atoms with Gasteiger partial charge in [0, 0.05) is 31.4 Å². The molecule has 1 aromatic carbocycles. The second-order valence-corrected chi connectivity index (χ2v) is 5.75. The number of ether oxygens (including phenoxy) is 1. The van der Waals surface area contributed by atoms with Gasteiger partial charge in [-0.1, -0.05) is 13.8 Å². The van der Waals surface area contributed by atoms with Crippen LogP contribution in [0.3, 0.4) is 0 Å². The van der Waals surface area contributed by atoms with Crippen molar-refractivity contribution < 1.29 is 18.7 Å². The van der Waals surface area contributed by atoms with Crippen LogP contribution in [0.5, 0.6) is 5.75 Å². The third-order valence-electron chi connectivity index (χ3n) is 3.73. The summed E-state index contributed by atoms with van der Waals surface area (Å²) in [6, 6.07) is 4.25. The Morgan fingerprint density at radius 3 is 2.55 bits per heavy atom. The van der Waals surface area contributed by atoms with E-state index in [9.17, 15) is 14.0 Å². The van der Waals surface area contributed by atoms with Crippen LogP contribution < -0.4 is 9.64 Å². The summed E-state index contributed by atoms with van der Waals surface area (Å²) in [5.41, 5.74) is 0.375. The maximum Gasteiger partial charge on any atom is 0.316 e. The van der Waals surface area contributed by atoms with Crippen LogP contribution in [-0.4, -0.2) is 43.5 Å². The van der Waals surface area contributed by atoms with Crippen LogP contribution in [0.1, 0.15) is 20.3 Å². The van der Waals surface area contributed by atoms with Crippen molar-refractivity contribution in [3.8, 4) is 5.75 Å². The third-order valence-corrected chi connectivity index (χ3v) is 3.73. The van der Waals surface area contributed by atoms with Crippen LogP contribution in [-0.2, 0) is 9.59 Å². The molecule has 6 heteroatoms. The third kappa shape index (κ3) is 3.37. The molecule has 0 atom stereocenters. The lowest BCUT2D eigenvalue weighted by molar-refractivity contribution is -0.146. The molecule has 1 aliphatic rings. The van der Waals surface area contributed by atoms with Crippen molar-refractivity contribution in [2.45, 2.75) is 20.3 Å². The molecule has 0 N–H and O–H groups in total. The van der Waals surface area contributed by atoms with Gasteiger partial charge in [-0.15, -0.1) is 0 Å². The maximum atomic E-state index is 13.8. The van der Waals surface area contributed by atoms with E-state index in [1.165, 1.54) is 24.1 Å². The number of carbonyl (C=O) groups is 2. The van der Waals surface area contributed by atoms with Crippen LogP contribution in [0.4, 0.5) is 10.1 Å². The van der Waals surface area contributed by atoms with E-state index in [1.54, 1.807) is 11.0 Å². The average molecular weight is 308 g/mol. The van der Waals surface area contributed by atoms with Crippen molar-refractivity contribution in [2.24, 2.45) is 5.92 Å². The Morgan fingerprint density at radius 2 is 1.95 bits per heavy atom. The van der Waals surface area contributed by atoms with Gasteiger partial charge in [0.15, 0.2) is 11.6 Å².